The standard InChI is InChI=1S/C21H24N2O4/c1-26-17-7-4-15(5-8-17)3-2-12-22-21(25)14-27-18-9-10-19-16(13-18)6-11-20(24)23-19/h4-5,7-10,13H,2-3,6,11-12,14H2,1H3,(H,22,25)(H,23,24). The van der Waals surface area contributed by atoms with Gasteiger partial charge in [-0.1, -0.05) is 12.1 Å². The Morgan fingerprint density at radius 1 is 1.11 bits per heavy atom. The maximum Gasteiger partial charge on any atom is 0.257 e. The lowest BCUT2D eigenvalue weighted by Gasteiger charge is -2.17. The van der Waals surface area contributed by atoms with Crippen molar-refractivity contribution in [2.75, 3.05) is 25.6 Å². The SMILES string of the molecule is COc1ccc(CCCNC(=O)COc2ccc3c(c2)CCC(=O)N3)cc1. The fourth-order valence-electron chi connectivity index (χ4n) is 2.96. The van der Waals surface area contributed by atoms with Crippen LogP contribution in [0.25, 0.3) is 0 Å². The maximum atomic E-state index is 11.9. The zero-order chi connectivity index (χ0) is 19.1. The summed E-state index contributed by atoms with van der Waals surface area (Å²) in [7, 11) is 1.65. The molecular weight excluding hydrogens is 344 g/mol. The predicted molar refractivity (Wildman–Crippen MR) is 103 cm³/mol. The Balaban J connectivity index is 1.36. The van der Waals surface area contributed by atoms with Crippen molar-refractivity contribution < 1.29 is 19.1 Å². The first-order valence-corrected chi connectivity index (χ1v) is 9.09. The number of rotatable bonds is 8. The lowest BCUT2D eigenvalue weighted by Crippen LogP contribution is -2.30. The molecule has 2 aromatic rings. The molecule has 0 atom stereocenters. The normalized spacial score (nSPS) is 12.7. The van der Waals surface area contributed by atoms with Crippen LogP contribution in [0.3, 0.4) is 0 Å². The van der Waals surface area contributed by atoms with Crippen molar-refractivity contribution in [1.82, 2.24) is 5.32 Å². The molecule has 2 N–H and O–H groups in total. The van der Waals surface area contributed by atoms with Gasteiger partial charge in [0.15, 0.2) is 6.61 Å². The van der Waals surface area contributed by atoms with E-state index < -0.39 is 0 Å². The largest absolute Gasteiger partial charge is 0.497 e. The number of hydrogen-bond acceptors (Lipinski definition) is 4. The second kappa shape index (κ2) is 9.07. The van der Waals surface area contributed by atoms with Gasteiger partial charge >= 0.3 is 0 Å². The smallest absolute Gasteiger partial charge is 0.257 e. The molecule has 0 fully saturated rings. The second-order valence-electron chi connectivity index (χ2n) is 6.46. The molecule has 27 heavy (non-hydrogen) atoms. The van der Waals surface area contributed by atoms with E-state index >= 15 is 0 Å². The number of anilines is 1. The molecule has 6 heteroatoms. The van der Waals surface area contributed by atoms with Crippen LogP contribution >= 0.6 is 0 Å². The van der Waals surface area contributed by atoms with Crippen molar-refractivity contribution in [2.24, 2.45) is 0 Å². The summed E-state index contributed by atoms with van der Waals surface area (Å²) in [5.74, 6) is 1.37. The van der Waals surface area contributed by atoms with E-state index in [0.29, 0.717) is 25.1 Å². The minimum absolute atomic E-state index is 0.0202. The van der Waals surface area contributed by atoms with Gasteiger partial charge in [-0.05, 0) is 60.7 Å². The molecule has 1 heterocycles. The van der Waals surface area contributed by atoms with Crippen LogP contribution in [0.15, 0.2) is 42.5 Å². The molecule has 0 aliphatic carbocycles. The quantitative estimate of drug-likeness (QED) is 0.703. The molecule has 2 amide bonds. The van der Waals surface area contributed by atoms with Crippen LogP contribution in [0, 0.1) is 0 Å². The summed E-state index contributed by atoms with van der Waals surface area (Å²) >= 11 is 0. The van der Waals surface area contributed by atoms with Gasteiger partial charge in [0.25, 0.3) is 5.91 Å². The van der Waals surface area contributed by atoms with Crippen molar-refractivity contribution in [2.45, 2.75) is 25.7 Å². The summed E-state index contributed by atoms with van der Waals surface area (Å²) < 4.78 is 10.7. The molecule has 3 rings (SSSR count). The summed E-state index contributed by atoms with van der Waals surface area (Å²) in [4.78, 5) is 23.3. The van der Waals surface area contributed by atoms with E-state index in [4.69, 9.17) is 9.47 Å². The van der Waals surface area contributed by atoms with Gasteiger partial charge in [-0.25, -0.2) is 0 Å². The number of methoxy groups -OCH3 is 1. The summed E-state index contributed by atoms with van der Waals surface area (Å²) in [6, 6.07) is 13.4. The Bertz CT molecular complexity index is 802. The Labute approximate surface area is 158 Å². The Morgan fingerprint density at radius 3 is 2.67 bits per heavy atom. The summed E-state index contributed by atoms with van der Waals surface area (Å²) in [5, 5.41) is 5.69. The van der Waals surface area contributed by atoms with E-state index in [0.717, 1.165) is 29.8 Å². The third-order valence-electron chi connectivity index (χ3n) is 4.47. The van der Waals surface area contributed by atoms with Crippen LogP contribution < -0.4 is 20.1 Å². The van der Waals surface area contributed by atoms with E-state index in [-0.39, 0.29) is 18.4 Å². The van der Waals surface area contributed by atoms with Gasteiger partial charge in [0.1, 0.15) is 11.5 Å². The molecule has 0 saturated carbocycles. The van der Waals surface area contributed by atoms with Crippen LogP contribution in [-0.4, -0.2) is 32.1 Å². The van der Waals surface area contributed by atoms with Gasteiger partial charge in [0.05, 0.1) is 7.11 Å². The van der Waals surface area contributed by atoms with Gasteiger partial charge < -0.3 is 20.1 Å². The molecule has 0 aromatic heterocycles. The van der Waals surface area contributed by atoms with Crippen LogP contribution in [0.4, 0.5) is 5.69 Å². The average molecular weight is 368 g/mol. The molecule has 0 spiro atoms. The number of fused-ring (bicyclic) bond motifs is 1. The van der Waals surface area contributed by atoms with E-state index in [1.165, 1.54) is 5.56 Å². The highest BCUT2D eigenvalue weighted by Gasteiger charge is 2.15. The molecule has 0 radical (unpaired) electrons. The summed E-state index contributed by atoms with van der Waals surface area (Å²) in [6.07, 6.45) is 2.92. The van der Waals surface area contributed by atoms with E-state index in [9.17, 15) is 9.59 Å². The molecule has 1 aliphatic heterocycles. The summed E-state index contributed by atoms with van der Waals surface area (Å²) in [5.41, 5.74) is 3.07. The van der Waals surface area contributed by atoms with Crippen molar-refractivity contribution in [1.29, 1.82) is 0 Å². The van der Waals surface area contributed by atoms with Gasteiger partial charge in [0.2, 0.25) is 5.91 Å². The molecule has 0 unspecified atom stereocenters. The van der Waals surface area contributed by atoms with E-state index in [1.807, 2.05) is 36.4 Å². The Hall–Kier alpha value is -3.02. The number of benzene rings is 2. The minimum Gasteiger partial charge on any atom is -0.497 e. The zero-order valence-electron chi connectivity index (χ0n) is 15.4. The van der Waals surface area contributed by atoms with E-state index in [2.05, 4.69) is 10.6 Å². The number of hydrogen-bond donors (Lipinski definition) is 2. The Kier molecular flexibility index (Phi) is 6.30. The molecule has 0 saturated heterocycles. The van der Waals surface area contributed by atoms with Crippen LogP contribution in [-0.2, 0) is 22.4 Å². The third kappa shape index (κ3) is 5.48. The highest BCUT2D eigenvalue weighted by Crippen LogP contribution is 2.26. The number of nitrogens with one attached hydrogen (secondary N) is 2. The lowest BCUT2D eigenvalue weighted by atomic mass is 10.0. The van der Waals surface area contributed by atoms with Crippen LogP contribution in [0.2, 0.25) is 0 Å². The monoisotopic (exact) mass is 368 g/mol. The van der Waals surface area contributed by atoms with Gasteiger partial charge in [-0.15, -0.1) is 0 Å². The van der Waals surface area contributed by atoms with Gasteiger partial charge in [-0.2, -0.15) is 0 Å². The number of carbonyl (C=O) groups is 2. The zero-order valence-corrected chi connectivity index (χ0v) is 15.4. The minimum atomic E-state index is -0.143. The number of amides is 2. The highest BCUT2D eigenvalue weighted by atomic mass is 16.5. The molecule has 142 valence electrons. The van der Waals surface area contributed by atoms with Crippen LogP contribution in [0.1, 0.15) is 24.0 Å². The number of ether oxygens (including phenoxy) is 2. The lowest BCUT2D eigenvalue weighted by molar-refractivity contribution is -0.123. The van der Waals surface area contributed by atoms with Crippen molar-refractivity contribution >= 4 is 17.5 Å². The average Bonchev–Trinajstić information content (AvgIpc) is 2.70. The molecule has 0 bridgehead atoms. The fraction of sp³-hybridized carbons (Fsp3) is 0.333. The fourth-order valence-corrected chi connectivity index (χ4v) is 2.96. The van der Waals surface area contributed by atoms with Crippen molar-refractivity contribution in [3.63, 3.8) is 0 Å². The first-order valence-electron chi connectivity index (χ1n) is 9.09. The van der Waals surface area contributed by atoms with Crippen molar-refractivity contribution in [3.05, 3.63) is 53.6 Å². The predicted octanol–water partition coefficient (Wildman–Crippen LogP) is 2.71. The third-order valence-corrected chi connectivity index (χ3v) is 4.47. The van der Waals surface area contributed by atoms with Crippen LogP contribution in [0.5, 0.6) is 11.5 Å². The first-order chi connectivity index (χ1) is 13.1. The number of carbonyl (C=O) groups excluding carboxylic acids is 2. The molecule has 6 nitrogen and oxygen atoms in total. The molecular formula is C21H24N2O4. The summed E-state index contributed by atoms with van der Waals surface area (Å²) in [6.45, 7) is 0.581. The van der Waals surface area contributed by atoms with Gasteiger partial charge in [-0.3, -0.25) is 9.59 Å². The van der Waals surface area contributed by atoms with Crippen molar-refractivity contribution in [3.8, 4) is 11.5 Å². The second-order valence-corrected chi connectivity index (χ2v) is 6.46. The topological polar surface area (TPSA) is 76.7 Å². The first kappa shape index (κ1) is 18.8. The highest BCUT2D eigenvalue weighted by molar-refractivity contribution is 5.94. The van der Waals surface area contributed by atoms with Gasteiger partial charge in [0, 0.05) is 18.7 Å². The Morgan fingerprint density at radius 2 is 1.89 bits per heavy atom. The number of aryl methyl sites for hydroxylation is 2. The molecule has 2 aromatic carbocycles. The maximum absolute atomic E-state index is 11.9. The molecule has 1 aliphatic rings. The van der Waals surface area contributed by atoms with E-state index in [1.54, 1.807) is 13.2 Å².